The Morgan fingerprint density at radius 1 is 1.40 bits per heavy atom. The third kappa shape index (κ3) is 2.92. The first kappa shape index (κ1) is 13.4. The number of hydrogen-bond donors (Lipinski definition) is 2. The fourth-order valence-electron chi connectivity index (χ4n) is 1.96. The van der Waals surface area contributed by atoms with Crippen molar-refractivity contribution in [3.8, 4) is 0 Å². The molecule has 0 fully saturated rings. The van der Waals surface area contributed by atoms with Gasteiger partial charge in [-0.15, -0.1) is 11.3 Å². The van der Waals surface area contributed by atoms with Crippen molar-refractivity contribution in [2.24, 2.45) is 0 Å². The number of fused-ring (bicyclic) bond motifs is 1. The Hall–Kier alpha value is -1.63. The first-order valence-corrected chi connectivity index (χ1v) is 7.36. The predicted octanol–water partition coefficient (Wildman–Crippen LogP) is 2.75. The van der Waals surface area contributed by atoms with Crippen LogP contribution in [0.25, 0.3) is 10.9 Å². The van der Waals surface area contributed by atoms with E-state index in [1.165, 1.54) is 11.3 Å². The standard InChI is InChI=1S/C13H13ClN4OS/c14-13-16-7-11(20-13)6-15-10-1-2-12-9(5-10)8-18(17-12)3-4-19/h1-2,5,7-8,15,19H,3-4,6H2. The number of hydrogen-bond acceptors (Lipinski definition) is 5. The molecule has 104 valence electrons. The molecular weight excluding hydrogens is 296 g/mol. The lowest BCUT2D eigenvalue weighted by Gasteiger charge is -2.03. The number of nitrogens with zero attached hydrogens (tertiary/aromatic N) is 3. The number of thiazole rings is 1. The summed E-state index contributed by atoms with van der Waals surface area (Å²) in [5.41, 5.74) is 1.94. The Balaban J connectivity index is 1.74. The summed E-state index contributed by atoms with van der Waals surface area (Å²) in [5, 5.41) is 17.7. The van der Waals surface area contributed by atoms with Crippen LogP contribution in [0.4, 0.5) is 5.69 Å². The van der Waals surface area contributed by atoms with Gasteiger partial charge in [-0.3, -0.25) is 4.68 Å². The first-order valence-electron chi connectivity index (χ1n) is 6.17. The second-order valence-electron chi connectivity index (χ2n) is 4.32. The average Bonchev–Trinajstić information content (AvgIpc) is 3.02. The van der Waals surface area contributed by atoms with Crippen LogP contribution in [-0.2, 0) is 13.1 Å². The smallest absolute Gasteiger partial charge is 0.183 e. The van der Waals surface area contributed by atoms with E-state index in [-0.39, 0.29) is 6.61 Å². The Labute approximate surface area is 124 Å². The summed E-state index contributed by atoms with van der Waals surface area (Å²) in [6.07, 6.45) is 3.71. The maximum absolute atomic E-state index is 8.92. The molecule has 5 nitrogen and oxygen atoms in total. The molecule has 3 aromatic rings. The summed E-state index contributed by atoms with van der Waals surface area (Å²) in [6, 6.07) is 5.99. The van der Waals surface area contributed by atoms with E-state index in [0.29, 0.717) is 17.6 Å². The van der Waals surface area contributed by atoms with E-state index in [1.807, 2.05) is 24.4 Å². The highest BCUT2D eigenvalue weighted by Gasteiger charge is 2.03. The molecule has 20 heavy (non-hydrogen) atoms. The molecular formula is C13H13ClN4OS. The van der Waals surface area contributed by atoms with Gasteiger partial charge < -0.3 is 10.4 Å². The second-order valence-corrected chi connectivity index (χ2v) is 6.02. The molecule has 2 N–H and O–H groups in total. The summed E-state index contributed by atoms with van der Waals surface area (Å²) in [7, 11) is 0. The normalized spacial score (nSPS) is 11.1. The molecule has 0 unspecified atom stereocenters. The van der Waals surface area contributed by atoms with E-state index in [0.717, 1.165) is 21.5 Å². The molecule has 1 aromatic carbocycles. The van der Waals surface area contributed by atoms with E-state index < -0.39 is 0 Å². The highest BCUT2D eigenvalue weighted by Crippen LogP contribution is 2.21. The minimum absolute atomic E-state index is 0.0885. The lowest BCUT2D eigenvalue weighted by Crippen LogP contribution is -2.01. The van der Waals surface area contributed by atoms with E-state index >= 15 is 0 Å². The number of nitrogens with one attached hydrogen (secondary N) is 1. The van der Waals surface area contributed by atoms with Gasteiger partial charge in [0.15, 0.2) is 4.47 Å². The fourth-order valence-corrected chi connectivity index (χ4v) is 2.88. The number of benzene rings is 1. The Kier molecular flexibility index (Phi) is 3.86. The molecule has 2 heterocycles. The molecule has 0 saturated heterocycles. The Morgan fingerprint density at radius 2 is 2.30 bits per heavy atom. The highest BCUT2D eigenvalue weighted by molar-refractivity contribution is 7.15. The maximum atomic E-state index is 8.92. The van der Waals surface area contributed by atoms with Crippen molar-refractivity contribution >= 4 is 39.5 Å². The van der Waals surface area contributed by atoms with E-state index in [1.54, 1.807) is 10.9 Å². The third-order valence-corrected chi connectivity index (χ3v) is 3.99. The molecule has 0 radical (unpaired) electrons. The van der Waals surface area contributed by atoms with Crippen molar-refractivity contribution in [2.45, 2.75) is 13.1 Å². The van der Waals surface area contributed by atoms with Crippen LogP contribution < -0.4 is 5.32 Å². The molecule has 3 rings (SSSR count). The molecule has 0 aliphatic rings. The number of aliphatic hydroxyl groups excluding tert-OH is 1. The number of aromatic nitrogens is 3. The lowest BCUT2D eigenvalue weighted by molar-refractivity contribution is 0.270. The zero-order valence-electron chi connectivity index (χ0n) is 10.6. The van der Waals surface area contributed by atoms with Gasteiger partial charge in [0.05, 0.1) is 25.2 Å². The minimum Gasteiger partial charge on any atom is -0.394 e. The van der Waals surface area contributed by atoms with Gasteiger partial charge in [-0.05, 0) is 18.2 Å². The number of rotatable bonds is 5. The molecule has 0 aliphatic heterocycles. The van der Waals surface area contributed by atoms with Crippen LogP contribution in [0, 0.1) is 0 Å². The number of halogens is 1. The largest absolute Gasteiger partial charge is 0.394 e. The first-order chi connectivity index (χ1) is 9.74. The Morgan fingerprint density at radius 3 is 3.05 bits per heavy atom. The van der Waals surface area contributed by atoms with Crippen LogP contribution in [0.15, 0.2) is 30.6 Å². The van der Waals surface area contributed by atoms with Crippen LogP contribution >= 0.6 is 22.9 Å². The van der Waals surface area contributed by atoms with Gasteiger partial charge >= 0.3 is 0 Å². The summed E-state index contributed by atoms with van der Waals surface area (Å²) in [5.74, 6) is 0. The summed E-state index contributed by atoms with van der Waals surface area (Å²) in [6.45, 7) is 1.29. The van der Waals surface area contributed by atoms with Crippen molar-refractivity contribution < 1.29 is 5.11 Å². The SMILES string of the molecule is OCCn1cc2cc(NCc3cnc(Cl)s3)ccc2n1. The van der Waals surface area contributed by atoms with Gasteiger partial charge in [-0.25, -0.2) is 4.98 Å². The maximum Gasteiger partial charge on any atom is 0.183 e. The molecule has 0 amide bonds. The predicted molar refractivity (Wildman–Crippen MR) is 81.3 cm³/mol. The number of anilines is 1. The zero-order valence-corrected chi connectivity index (χ0v) is 12.2. The zero-order chi connectivity index (χ0) is 13.9. The topological polar surface area (TPSA) is 63.0 Å². The van der Waals surface area contributed by atoms with Crippen LogP contribution in [0.1, 0.15) is 4.88 Å². The van der Waals surface area contributed by atoms with Gasteiger partial charge in [0.25, 0.3) is 0 Å². The lowest BCUT2D eigenvalue weighted by atomic mass is 10.2. The van der Waals surface area contributed by atoms with Crippen LogP contribution in [0.2, 0.25) is 4.47 Å². The molecule has 0 bridgehead atoms. The van der Waals surface area contributed by atoms with Crippen LogP contribution in [-0.4, -0.2) is 26.5 Å². The van der Waals surface area contributed by atoms with Gasteiger partial charge in [0.1, 0.15) is 0 Å². The molecule has 0 spiro atoms. The van der Waals surface area contributed by atoms with Crippen molar-refractivity contribution in [3.63, 3.8) is 0 Å². The molecule has 2 aromatic heterocycles. The summed E-state index contributed by atoms with van der Waals surface area (Å²) < 4.78 is 2.31. The van der Waals surface area contributed by atoms with Crippen molar-refractivity contribution in [3.05, 3.63) is 39.9 Å². The van der Waals surface area contributed by atoms with Crippen molar-refractivity contribution in [1.29, 1.82) is 0 Å². The van der Waals surface area contributed by atoms with E-state index in [9.17, 15) is 0 Å². The van der Waals surface area contributed by atoms with E-state index in [2.05, 4.69) is 15.4 Å². The quantitative estimate of drug-likeness (QED) is 0.761. The fraction of sp³-hybridized carbons (Fsp3) is 0.231. The summed E-state index contributed by atoms with van der Waals surface area (Å²) in [4.78, 5) is 5.10. The minimum atomic E-state index is 0.0885. The second kappa shape index (κ2) is 5.78. The summed E-state index contributed by atoms with van der Waals surface area (Å²) >= 11 is 7.27. The molecule has 0 saturated carbocycles. The van der Waals surface area contributed by atoms with Gasteiger partial charge in [0.2, 0.25) is 0 Å². The van der Waals surface area contributed by atoms with Gasteiger partial charge in [-0.1, -0.05) is 11.6 Å². The van der Waals surface area contributed by atoms with Crippen molar-refractivity contribution in [2.75, 3.05) is 11.9 Å². The molecule has 7 heteroatoms. The average molecular weight is 309 g/mol. The highest BCUT2D eigenvalue weighted by atomic mass is 35.5. The van der Waals surface area contributed by atoms with Crippen LogP contribution in [0.3, 0.4) is 0 Å². The van der Waals surface area contributed by atoms with Gasteiger partial charge in [-0.2, -0.15) is 5.10 Å². The van der Waals surface area contributed by atoms with E-state index in [4.69, 9.17) is 16.7 Å². The molecule has 0 aliphatic carbocycles. The van der Waals surface area contributed by atoms with Crippen molar-refractivity contribution in [1.82, 2.24) is 14.8 Å². The van der Waals surface area contributed by atoms with Crippen LogP contribution in [0.5, 0.6) is 0 Å². The molecule has 0 atom stereocenters. The Bertz CT molecular complexity index is 724. The van der Waals surface area contributed by atoms with Gasteiger partial charge in [0, 0.05) is 28.3 Å². The third-order valence-electron chi connectivity index (χ3n) is 2.87. The monoisotopic (exact) mass is 308 g/mol. The number of aliphatic hydroxyl groups is 1.